The van der Waals surface area contributed by atoms with E-state index in [1.807, 2.05) is 0 Å². The predicted octanol–water partition coefficient (Wildman–Crippen LogP) is 2.52. The fraction of sp³-hybridized carbons (Fsp3) is 0.667. The minimum atomic E-state index is -0.0401. The molecule has 0 saturated heterocycles. The lowest BCUT2D eigenvalue weighted by Crippen LogP contribution is -2.12. The quantitative estimate of drug-likeness (QED) is 0.474. The Morgan fingerprint density at radius 2 is 2.35 bits per heavy atom. The Morgan fingerprint density at radius 3 is 2.94 bits per heavy atom. The van der Waals surface area contributed by atoms with Crippen LogP contribution in [0.1, 0.15) is 31.9 Å². The Hall–Kier alpha value is -0.420. The van der Waals surface area contributed by atoms with Gasteiger partial charge in [-0.1, -0.05) is 25.1 Å². The molecule has 1 aromatic heterocycles. The van der Waals surface area contributed by atoms with Crippen molar-refractivity contribution in [3.8, 4) is 0 Å². The first-order valence-corrected chi connectivity index (χ1v) is 7.63. The summed E-state index contributed by atoms with van der Waals surface area (Å²) in [4.78, 5) is 18.7. The van der Waals surface area contributed by atoms with Gasteiger partial charge in [-0.25, -0.2) is 4.98 Å². The third kappa shape index (κ3) is 3.52. The number of thioether (sulfide) groups is 1. The first kappa shape index (κ1) is 13.0. The molecule has 1 aliphatic carbocycles. The van der Waals surface area contributed by atoms with Crippen LogP contribution in [-0.2, 0) is 6.42 Å². The van der Waals surface area contributed by atoms with Crippen LogP contribution >= 0.6 is 24.4 Å². The summed E-state index contributed by atoms with van der Waals surface area (Å²) in [6.45, 7) is 2.09. The average Bonchev–Trinajstić information content (AvgIpc) is 3.07. The van der Waals surface area contributed by atoms with Crippen LogP contribution < -0.4 is 5.56 Å². The molecule has 1 aromatic rings. The maximum Gasteiger partial charge on any atom is 0.251 e. The Morgan fingerprint density at radius 1 is 1.59 bits per heavy atom. The third-order valence-electron chi connectivity index (χ3n) is 3.09. The van der Waals surface area contributed by atoms with Gasteiger partial charge in [0.15, 0.2) is 5.16 Å². The largest absolute Gasteiger partial charge is 0.301 e. The molecular weight excluding hydrogens is 252 g/mol. The minimum Gasteiger partial charge on any atom is -0.301 e. The molecule has 1 saturated carbocycles. The van der Waals surface area contributed by atoms with Gasteiger partial charge in [-0.2, -0.15) is 12.6 Å². The van der Waals surface area contributed by atoms with Crippen molar-refractivity contribution in [2.75, 3.05) is 11.5 Å². The van der Waals surface area contributed by atoms with E-state index in [1.165, 1.54) is 12.8 Å². The van der Waals surface area contributed by atoms with E-state index in [0.717, 1.165) is 35.2 Å². The van der Waals surface area contributed by atoms with Crippen LogP contribution in [0.2, 0.25) is 0 Å². The Kier molecular flexibility index (Phi) is 4.20. The molecule has 0 spiro atoms. The van der Waals surface area contributed by atoms with E-state index in [-0.39, 0.29) is 5.56 Å². The third-order valence-corrected chi connectivity index (χ3v) is 4.98. The van der Waals surface area contributed by atoms with Gasteiger partial charge >= 0.3 is 0 Å². The first-order chi connectivity index (χ1) is 8.17. The van der Waals surface area contributed by atoms with Crippen molar-refractivity contribution < 1.29 is 0 Å². The SMILES string of the molecule is CCCc1cc(=O)[nH]c(SCC2(CS)CC2)n1. The van der Waals surface area contributed by atoms with E-state index < -0.39 is 0 Å². The van der Waals surface area contributed by atoms with Crippen molar-refractivity contribution in [3.05, 3.63) is 22.1 Å². The number of aryl methyl sites for hydroxylation is 1. The standard InChI is InChI=1S/C12H18N2OS2/c1-2-3-9-6-10(15)14-11(13-9)17-8-12(7-16)4-5-12/h6,16H,2-5,7-8H2,1H3,(H,13,14,15). The molecule has 94 valence electrons. The maximum atomic E-state index is 11.5. The fourth-order valence-electron chi connectivity index (χ4n) is 1.68. The van der Waals surface area contributed by atoms with Gasteiger partial charge in [0.2, 0.25) is 0 Å². The van der Waals surface area contributed by atoms with Crippen LogP contribution in [0.3, 0.4) is 0 Å². The van der Waals surface area contributed by atoms with Crippen LogP contribution in [0.15, 0.2) is 16.0 Å². The van der Waals surface area contributed by atoms with Gasteiger partial charge < -0.3 is 4.98 Å². The molecule has 0 unspecified atom stereocenters. The van der Waals surface area contributed by atoms with E-state index >= 15 is 0 Å². The highest BCUT2D eigenvalue weighted by atomic mass is 32.2. The molecule has 17 heavy (non-hydrogen) atoms. The Bertz CT molecular complexity index is 440. The van der Waals surface area contributed by atoms with E-state index in [4.69, 9.17) is 0 Å². The molecule has 2 rings (SSSR count). The zero-order valence-corrected chi connectivity index (χ0v) is 11.7. The van der Waals surface area contributed by atoms with Crippen molar-refractivity contribution in [2.24, 2.45) is 5.41 Å². The molecule has 0 aromatic carbocycles. The molecule has 1 aliphatic rings. The summed E-state index contributed by atoms with van der Waals surface area (Å²) < 4.78 is 0. The van der Waals surface area contributed by atoms with Gasteiger partial charge in [0.05, 0.1) is 0 Å². The van der Waals surface area contributed by atoms with Crippen LogP contribution in [0.4, 0.5) is 0 Å². The molecule has 1 heterocycles. The predicted molar refractivity (Wildman–Crippen MR) is 75.1 cm³/mol. The van der Waals surface area contributed by atoms with Gasteiger partial charge in [-0.05, 0) is 30.4 Å². The van der Waals surface area contributed by atoms with Crippen LogP contribution in [0.5, 0.6) is 0 Å². The second-order valence-corrected chi connectivity index (χ2v) is 6.02. The molecule has 3 nitrogen and oxygen atoms in total. The van der Waals surface area contributed by atoms with Gasteiger partial charge in [-0.15, -0.1) is 0 Å². The van der Waals surface area contributed by atoms with Gasteiger partial charge in [0, 0.05) is 17.5 Å². The lowest BCUT2D eigenvalue weighted by Gasteiger charge is -2.10. The van der Waals surface area contributed by atoms with Gasteiger partial charge in [0.25, 0.3) is 5.56 Å². The smallest absolute Gasteiger partial charge is 0.251 e. The number of rotatable bonds is 6. The number of hydrogen-bond acceptors (Lipinski definition) is 4. The molecule has 0 atom stereocenters. The van der Waals surface area contributed by atoms with Crippen molar-refractivity contribution in [3.63, 3.8) is 0 Å². The summed E-state index contributed by atoms with van der Waals surface area (Å²) >= 11 is 6.03. The van der Waals surface area contributed by atoms with Crippen LogP contribution in [-0.4, -0.2) is 21.5 Å². The summed E-state index contributed by atoms with van der Waals surface area (Å²) in [6.07, 6.45) is 4.39. The van der Waals surface area contributed by atoms with Crippen molar-refractivity contribution in [1.29, 1.82) is 0 Å². The minimum absolute atomic E-state index is 0.0401. The second-order valence-electron chi connectivity index (χ2n) is 4.74. The number of aromatic amines is 1. The summed E-state index contributed by atoms with van der Waals surface area (Å²) in [5.41, 5.74) is 1.25. The van der Waals surface area contributed by atoms with Crippen LogP contribution in [0, 0.1) is 5.41 Å². The van der Waals surface area contributed by atoms with Gasteiger partial charge in [0.1, 0.15) is 0 Å². The average molecular weight is 270 g/mol. The number of thiol groups is 1. The normalized spacial score (nSPS) is 17.1. The highest BCUT2D eigenvalue weighted by Crippen LogP contribution is 2.49. The van der Waals surface area contributed by atoms with Crippen molar-refractivity contribution >= 4 is 24.4 Å². The molecule has 0 radical (unpaired) electrons. The second kappa shape index (κ2) is 5.48. The summed E-state index contributed by atoms with van der Waals surface area (Å²) in [5, 5.41) is 0.758. The summed E-state index contributed by atoms with van der Waals surface area (Å²) in [6, 6.07) is 1.60. The van der Waals surface area contributed by atoms with Crippen molar-refractivity contribution in [1.82, 2.24) is 9.97 Å². The fourth-order valence-corrected chi connectivity index (χ4v) is 3.45. The molecular formula is C12H18N2OS2. The zero-order chi connectivity index (χ0) is 12.3. The lowest BCUT2D eigenvalue weighted by molar-refractivity contribution is 0.680. The topological polar surface area (TPSA) is 45.8 Å². The van der Waals surface area contributed by atoms with E-state index in [1.54, 1.807) is 17.8 Å². The molecule has 1 fully saturated rings. The number of H-pyrrole nitrogens is 1. The van der Waals surface area contributed by atoms with E-state index in [2.05, 4.69) is 29.5 Å². The molecule has 0 aliphatic heterocycles. The van der Waals surface area contributed by atoms with Gasteiger partial charge in [-0.3, -0.25) is 4.79 Å². The molecule has 0 amide bonds. The maximum absolute atomic E-state index is 11.5. The summed E-state index contributed by atoms with van der Waals surface area (Å²) in [7, 11) is 0. The highest BCUT2D eigenvalue weighted by molar-refractivity contribution is 7.99. The number of nitrogens with zero attached hydrogens (tertiary/aromatic N) is 1. The number of hydrogen-bond donors (Lipinski definition) is 2. The van der Waals surface area contributed by atoms with Crippen molar-refractivity contribution in [2.45, 2.75) is 37.8 Å². The van der Waals surface area contributed by atoms with Crippen LogP contribution in [0.25, 0.3) is 0 Å². The molecule has 0 bridgehead atoms. The molecule has 1 N–H and O–H groups in total. The lowest BCUT2D eigenvalue weighted by atomic mass is 10.2. The number of nitrogens with one attached hydrogen (secondary N) is 1. The number of aromatic nitrogens is 2. The Labute approximate surface area is 111 Å². The highest BCUT2D eigenvalue weighted by Gasteiger charge is 2.41. The van der Waals surface area contributed by atoms with E-state index in [9.17, 15) is 4.79 Å². The first-order valence-electron chi connectivity index (χ1n) is 6.01. The molecule has 5 heteroatoms. The zero-order valence-electron chi connectivity index (χ0n) is 10.0. The monoisotopic (exact) mass is 270 g/mol. The van der Waals surface area contributed by atoms with E-state index in [0.29, 0.717) is 5.41 Å². The summed E-state index contributed by atoms with van der Waals surface area (Å²) in [5.74, 6) is 1.94. The Balaban J connectivity index is 2.02.